The summed E-state index contributed by atoms with van der Waals surface area (Å²) in [6, 6.07) is 0. The van der Waals surface area contributed by atoms with E-state index >= 15 is 0 Å². The van der Waals surface area contributed by atoms with Crippen molar-refractivity contribution in [2.45, 2.75) is 82.8 Å². The third-order valence-corrected chi connectivity index (χ3v) is 5.84. The van der Waals surface area contributed by atoms with E-state index in [9.17, 15) is 32.5 Å². The third kappa shape index (κ3) is 20.2. The Morgan fingerprint density at radius 3 is 1.91 bits per heavy atom. The van der Waals surface area contributed by atoms with Gasteiger partial charge in [-0.05, 0) is 6.42 Å². The number of amides is 1. The zero-order valence-electron chi connectivity index (χ0n) is 20.3. The second kappa shape index (κ2) is 22.7. The molecule has 0 spiro atoms. The van der Waals surface area contributed by atoms with Gasteiger partial charge in [-0.15, -0.1) is 0 Å². The van der Waals surface area contributed by atoms with Crippen molar-refractivity contribution in [2.75, 3.05) is 26.3 Å². The first-order chi connectivity index (χ1) is 14.6. The quantitative estimate of drug-likeness (QED) is 0.0770. The van der Waals surface area contributed by atoms with Crippen LogP contribution in [-0.2, 0) is 29.2 Å². The average molecular weight is 512 g/mol. The molecular weight excluding hydrogens is 476 g/mol. The van der Waals surface area contributed by atoms with Crippen LogP contribution in [0.1, 0.15) is 77.6 Å². The van der Waals surface area contributed by atoms with Gasteiger partial charge in [0.2, 0.25) is 5.91 Å². The predicted octanol–water partition coefficient (Wildman–Crippen LogP) is -5.67. The molecule has 0 radical (unpaired) electrons. The zero-order chi connectivity index (χ0) is 23.7. The van der Waals surface area contributed by atoms with Crippen LogP contribution in [-0.4, -0.2) is 72.4 Å². The summed E-state index contributed by atoms with van der Waals surface area (Å²) < 4.78 is 37.8. The summed E-state index contributed by atoms with van der Waals surface area (Å²) in [6.45, 7) is 1.34. The van der Waals surface area contributed by atoms with Crippen molar-refractivity contribution in [3.63, 3.8) is 0 Å². The molecular formula is C20H35NNa2O9S. The number of carboxylic acids is 1. The second-order valence-corrected chi connectivity index (χ2v) is 8.96. The largest absolute Gasteiger partial charge is 1.00 e. The number of hydrogen-bond donors (Lipinski definition) is 1. The Labute approximate surface area is 241 Å². The summed E-state index contributed by atoms with van der Waals surface area (Å²) in [5.74, 6) is -3.62. The van der Waals surface area contributed by atoms with Gasteiger partial charge in [0.1, 0.15) is 16.7 Å². The number of esters is 1. The maximum atomic E-state index is 12.3. The van der Waals surface area contributed by atoms with Crippen molar-refractivity contribution >= 4 is 28.0 Å². The predicted molar refractivity (Wildman–Crippen MR) is 110 cm³/mol. The first-order valence-corrected chi connectivity index (χ1v) is 12.3. The second-order valence-electron chi connectivity index (χ2n) is 7.41. The van der Waals surface area contributed by atoms with Crippen LogP contribution in [0.4, 0.5) is 0 Å². The Morgan fingerprint density at radius 2 is 1.45 bits per heavy atom. The first kappa shape index (κ1) is 37.8. The Morgan fingerprint density at radius 1 is 0.939 bits per heavy atom. The maximum absolute atomic E-state index is 12.3. The van der Waals surface area contributed by atoms with Crippen LogP contribution in [0.25, 0.3) is 0 Å². The molecule has 1 atom stereocenters. The van der Waals surface area contributed by atoms with E-state index in [1.807, 2.05) is 0 Å². The van der Waals surface area contributed by atoms with Crippen LogP contribution in [0.3, 0.4) is 0 Å². The fourth-order valence-electron chi connectivity index (χ4n) is 3.03. The summed E-state index contributed by atoms with van der Waals surface area (Å²) in [5, 5.41) is 17.3. The van der Waals surface area contributed by atoms with Crippen LogP contribution in [0.2, 0.25) is 0 Å². The number of nitrogens with zero attached hydrogens (tertiary/aromatic N) is 1. The van der Waals surface area contributed by atoms with Gasteiger partial charge in [0, 0.05) is 25.4 Å². The molecule has 0 saturated heterocycles. The van der Waals surface area contributed by atoms with Gasteiger partial charge in [-0.25, -0.2) is 8.42 Å². The van der Waals surface area contributed by atoms with Crippen LogP contribution < -0.4 is 64.2 Å². The monoisotopic (exact) mass is 511 g/mol. The number of carbonyl (C=O) groups excluding carboxylic acids is 3. The molecule has 0 aliphatic carbocycles. The van der Waals surface area contributed by atoms with Gasteiger partial charge in [-0.2, -0.15) is 0 Å². The summed E-state index contributed by atoms with van der Waals surface area (Å²) in [7, 11) is -5.23. The molecule has 0 saturated carbocycles. The van der Waals surface area contributed by atoms with Crippen LogP contribution >= 0.6 is 0 Å². The molecule has 0 fully saturated rings. The van der Waals surface area contributed by atoms with E-state index in [1.165, 1.54) is 37.0 Å². The van der Waals surface area contributed by atoms with Crippen molar-refractivity contribution in [3.8, 4) is 0 Å². The minimum absolute atomic E-state index is 0. The third-order valence-electron chi connectivity index (χ3n) is 4.79. The number of rotatable bonds is 19. The van der Waals surface area contributed by atoms with Gasteiger partial charge in [0.05, 0.1) is 13.2 Å². The SMILES string of the molecule is CCCCCCCCCCCC(=O)N(CCO)CCOC(=O)C(CC(=O)[O-])S(=O)(=O)[O-].[Na+].[Na+]. The van der Waals surface area contributed by atoms with E-state index in [-0.39, 0.29) is 91.1 Å². The van der Waals surface area contributed by atoms with Crippen molar-refractivity contribution in [2.24, 2.45) is 0 Å². The molecule has 1 amide bonds. The minimum atomic E-state index is -5.23. The summed E-state index contributed by atoms with van der Waals surface area (Å²) >= 11 is 0. The summed E-state index contributed by atoms with van der Waals surface area (Å²) in [4.78, 5) is 35.9. The number of carbonyl (C=O) groups is 3. The summed E-state index contributed by atoms with van der Waals surface area (Å²) in [5.41, 5.74) is 0. The molecule has 0 rings (SSSR count). The van der Waals surface area contributed by atoms with Crippen molar-refractivity contribution in [1.82, 2.24) is 4.90 Å². The molecule has 0 aromatic heterocycles. The fourth-order valence-corrected chi connectivity index (χ4v) is 3.67. The normalized spacial score (nSPS) is 11.6. The maximum Gasteiger partial charge on any atom is 1.00 e. The molecule has 0 aromatic carbocycles. The molecule has 10 nitrogen and oxygen atoms in total. The number of unbranched alkanes of at least 4 members (excludes halogenated alkanes) is 8. The van der Waals surface area contributed by atoms with Gasteiger partial charge >= 0.3 is 65.1 Å². The average Bonchev–Trinajstić information content (AvgIpc) is 2.68. The van der Waals surface area contributed by atoms with Gasteiger partial charge < -0.3 is 29.2 Å². The number of aliphatic hydroxyl groups is 1. The molecule has 1 unspecified atom stereocenters. The standard InChI is InChI=1S/C20H37NO9S.2Na/c1-2-3-4-5-6-7-8-9-10-11-18(23)21(12-14-22)13-15-30-20(26)17(16-19(24)25)31(27,28)29;;/h17,22H,2-16H2,1H3,(H,24,25)(H,27,28,29);;/q;2*+1/p-2. The number of carboxylic acid groups (broad SMARTS) is 1. The van der Waals surface area contributed by atoms with Gasteiger partial charge in [0.25, 0.3) is 0 Å². The molecule has 0 aromatic rings. The summed E-state index contributed by atoms with van der Waals surface area (Å²) in [6.07, 6.45) is 8.88. The van der Waals surface area contributed by atoms with Crippen molar-refractivity contribution in [3.05, 3.63) is 0 Å². The number of ether oxygens (including phenoxy) is 1. The zero-order valence-corrected chi connectivity index (χ0v) is 25.1. The Bertz CT molecular complexity index is 647. The Balaban J connectivity index is -0.00000450. The van der Waals surface area contributed by atoms with Crippen molar-refractivity contribution < 1.29 is 101 Å². The molecule has 13 heteroatoms. The molecule has 1 N–H and O–H groups in total. The minimum Gasteiger partial charge on any atom is -0.747 e. The van der Waals surface area contributed by atoms with Crippen LogP contribution in [0.15, 0.2) is 0 Å². The molecule has 0 aliphatic heterocycles. The molecule has 0 aliphatic rings. The van der Waals surface area contributed by atoms with Crippen LogP contribution in [0, 0.1) is 0 Å². The van der Waals surface area contributed by atoms with Gasteiger partial charge in [0.15, 0.2) is 5.25 Å². The molecule has 0 heterocycles. The topological polar surface area (TPSA) is 164 Å². The van der Waals surface area contributed by atoms with E-state index in [4.69, 9.17) is 5.11 Å². The van der Waals surface area contributed by atoms with E-state index in [2.05, 4.69) is 11.7 Å². The van der Waals surface area contributed by atoms with E-state index < -0.39 is 40.3 Å². The van der Waals surface area contributed by atoms with Crippen LogP contribution in [0.5, 0.6) is 0 Å². The molecule has 0 bridgehead atoms. The molecule has 182 valence electrons. The molecule has 33 heavy (non-hydrogen) atoms. The Hall–Kier alpha value is 0.280. The smallest absolute Gasteiger partial charge is 0.747 e. The number of aliphatic carboxylic acids is 1. The number of aliphatic hydroxyl groups excluding tert-OH is 1. The first-order valence-electron chi connectivity index (χ1n) is 10.8. The van der Waals surface area contributed by atoms with Gasteiger partial charge in [-0.1, -0.05) is 58.3 Å². The van der Waals surface area contributed by atoms with E-state index in [0.29, 0.717) is 6.42 Å². The Kier molecular flexibility index (Phi) is 26.0. The van der Waals surface area contributed by atoms with Gasteiger partial charge in [-0.3, -0.25) is 9.59 Å². The number of hydrogen-bond acceptors (Lipinski definition) is 9. The van der Waals surface area contributed by atoms with E-state index in [1.54, 1.807) is 0 Å². The van der Waals surface area contributed by atoms with E-state index in [0.717, 1.165) is 19.3 Å². The van der Waals surface area contributed by atoms with Crippen molar-refractivity contribution in [1.29, 1.82) is 0 Å². The fraction of sp³-hybridized carbons (Fsp3) is 0.850.